The Morgan fingerprint density at radius 2 is 1.62 bits per heavy atom. The molecule has 5 nitrogen and oxygen atoms in total. The maximum Gasteiger partial charge on any atom is 0.228 e. The Morgan fingerprint density at radius 1 is 1.00 bits per heavy atom. The van der Waals surface area contributed by atoms with E-state index in [2.05, 4.69) is 10.6 Å². The minimum atomic E-state index is -0.320. The average Bonchev–Trinajstić information content (AvgIpc) is 3.38. The van der Waals surface area contributed by atoms with Crippen LogP contribution in [0.4, 0.5) is 11.4 Å². The molecule has 2 aromatic carbocycles. The molecule has 2 aromatic rings. The molecule has 1 aliphatic rings. The number of nitrogens with one attached hydrogen (secondary N) is 2. The van der Waals surface area contributed by atoms with Crippen molar-refractivity contribution < 1.29 is 14.3 Å². The Morgan fingerprint density at radius 3 is 2.25 bits per heavy atom. The fraction of sp³-hybridized carbons (Fsp3) is 0.222. The van der Waals surface area contributed by atoms with E-state index in [4.69, 9.17) is 16.3 Å². The van der Waals surface area contributed by atoms with Gasteiger partial charge in [-0.2, -0.15) is 0 Å². The minimum absolute atomic E-state index is 0.153. The van der Waals surface area contributed by atoms with Crippen LogP contribution >= 0.6 is 11.6 Å². The first-order chi connectivity index (χ1) is 11.6. The highest BCUT2D eigenvalue weighted by molar-refractivity contribution is 6.33. The third kappa shape index (κ3) is 3.68. The molecular formula is C18H17ClN2O3. The molecule has 2 atom stereocenters. The van der Waals surface area contributed by atoms with Crippen molar-refractivity contribution in [2.24, 2.45) is 11.8 Å². The molecule has 0 bridgehead atoms. The maximum absolute atomic E-state index is 12.2. The smallest absolute Gasteiger partial charge is 0.228 e. The highest BCUT2D eigenvalue weighted by Gasteiger charge is 2.48. The van der Waals surface area contributed by atoms with E-state index in [1.807, 2.05) is 0 Å². The van der Waals surface area contributed by atoms with Crippen LogP contribution in [0.3, 0.4) is 0 Å². The first kappa shape index (κ1) is 16.3. The largest absolute Gasteiger partial charge is 0.497 e. The van der Waals surface area contributed by atoms with Crippen LogP contribution in [-0.2, 0) is 9.59 Å². The molecule has 0 radical (unpaired) electrons. The number of anilines is 2. The summed E-state index contributed by atoms with van der Waals surface area (Å²) in [6.07, 6.45) is 0.540. The van der Waals surface area contributed by atoms with Gasteiger partial charge in [0.25, 0.3) is 0 Å². The lowest BCUT2D eigenvalue weighted by Gasteiger charge is -2.08. The van der Waals surface area contributed by atoms with Gasteiger partial charge in [0, 0.05) is 5.69 Å². The molecule has 0 saturated heterocycles. The first-order valence-electron chi connectivity index (χ1n) is 7.59. The number of benzene rings is 2. The van der Waals surface area contributed by atoms with E-state index < -0.39 is 0 Å². The van der Waals surface area contributed by atoms with Gasteiger partial charge in [-0.15, -0.1) is 0 Å². The van der Waals surface area contributed by atoms with Gasteiger partial charge >= 0.3 is 0 Å². The van der Waals surface area contributed by atoms with Crippen LogP contribution in [0.15, 0.2) is 48.5 Å². The molecular weight excluding hydrogens is 328 g/mol. The van der Waals surface area contributed by atoms with Crippen LogP contribution in [0, 0.1) is 11.8 Å². The van der Waals surface area contributed by atoms with Crippen molar-refractivity contribution in [2.75, 3.05) is 17.7 Å². The quantitative estimate of drug-likeness (QED) is 0.871. The molecule has 1 aliphatic carbocycles. The highest BCUT2D eigenvalue weighted by Crippen LogP contribution is 2.40. The van der Waals surface area contributed by atoms with Crippen molar-refractivity contribution in [2.45, 2.75) is 6.42 Å². The van der Waals surface area contributed by atoms with Crippen molar-refractivity contribution in [1.82, 2.24) is 0 Å². The SMILES string of the molecule is COc1ccc(NC(=O)C2CC2C(=O)Nc2ccccc2Cl)cc1. The fourth-order valence-electron chi connectivity index (χ4n) is 2.47. The number of para-hydroxylation sites is 1. The Kier molecular flexibility index (Phi) is 4.71. The van der Waals surface area contributed by atoms with Crippen LogP contribution in [0.2, 0.25) is 5.02 Å². The van der Waals surface area contributed by atoms with Gasteiger partial charge in [0.2, 0.25) is 11.8 Å². The van der Waals surface area contributed by atoms with E-state index in [0.717, 1.165) is 5.75 Å². The number of carbonyl (C=O) groups is 2. The van der Waals surface area contributed by atoms with E-state index in [1.54, 1.807) is 55.6 Å². The van der Waals surface area contributed by atoms with Crippen molar-refractivity contribution in [3.8, 4) is 5.75 Å². The highest BCUT2D eigenvalue weighted by atomic mass is 35.5. The van der Waals surface area contributed by atoms with Crippen LogP contribution in [0.25, 0.3) is 0 Å². The minimum Gasteiger partial charge on any atom is -0.497 e. The molecule has 1 fully saturated rings. The number of ether oxygens (including phenoxy) is 1. The Hall–Kier alpha value is -2.53. The average molecular weight is 345 g/mol. The number of halogens is 1. The lowest BCUT2D eigenvalue weighted by Crippen LogP contribution is -2.20. The monoisotopic (exact) mass is 344 g/mol. The number of amides is 2. The molecule has 24 heavy (non-hydrogen) atoms. The number of hydrogen-bond acceptors (Lipinski definition) is 3. The number of methoxy groups -OCH3 is 1. The van der Waals surface area contributed by atoms with E-state index >= 15 is 0 Å². The van der Waals surface area contributed by atoms with Gasteiger partial charge in [0.15, 0.2) is 0 Å². The molecule has 0 spiro atoms. The first-order valence-corrected chi connectivity index (χ1v) is 7.96. The molecule has 2 N–H and O–H groups in total. The van der Waals surface area contributed by atoms with Gasteiger partial charge in [-0.1, -0.05) is 23.7 Å². The summed E-state index contributed by atoms with van der Waals surface area (Å²) >= 11 is 6.02. The zero-order chi connectivity index (χ0) is 17.1. The Labute approximate surface area is 145 Å². The van der Waals surface area contributed by atoms with Crippen LogP contribution in [-0.4, -0.2) is 18.9 Å². The maximum atomic E-state index is 12.2. The number of rotatable bonds is 5. The summed E-state index contributed by atoms with van der Waals surface area (Å²) in [7, 11) is 1.58. The summed E-state index contributed by atoms with van der Waals surface area (Å²) in [5.41, 5.74) is 1.24. The summed E-state index contributed by atoms with van der Waals surface area (Å²) in [6.45, 7) is 0. The lowest BCUT2D eigenvalue weighted by molar-refractivity contribution is -0.122. The molecule has 3 rings (SSSR count). The van der Waals surface area contributed by atoms with Crippen molar-refractivity contribution >= 4 is 34.8 Å². The molecule has 0 aliphatic heterocycles. The van der Waals surface area contributed by atoms with E-state index in [1.165, 1.54) is 0 Å². The van der Waals surface area contributed by atoms with Crippen LogP contribution < -0.4 is 15.4 Å². The molecule has 6 heteroatoms. The van der Waals surface area contributed by atoms with Crippen LogP contribution in [0.1, 0.15) is 6.42 Å². The van der Waals surface area contributed by atoms with Gasteiger partial charge in [-0.3, -0.25) is 9.59 Å². The third-order valence-electron chi connectivity index (χ3n) is 3.95. The molecule has 1 saturated carbocycles. The van der Waals surface area contributed by atoms with Crippen molar-refractivity contribution in [3.05, 3.63) is 53.6 Å². The van der Waals surface area contributed by atoms with Crippen LogP contribution in [0.5, 0.6) is 5.75 Å². The molecule has 2 amide bonds. The topological polar surface area (TPSA) is 67.4 Å². The summed E-state index contributed by atoms with van der Waals surface area (Å²) in [6, 6.07) is 14.1. The number of hydrogen-bond donors (Lipinski definition) is 2. The third-order valence-corrected chi connectivity index (χ3v) is 4.28. The van der Waals surface area contributed by atoms with Gasteiger partial charge in [-0.25, -0.2) is 0 Å². The van der Waals surface area contributed by atoms with E-state index in [9.17, 15) is 9.59 Å². The molecule has 124 valence electrons. The van der Waals surface area contributed by atoms with E-state index in [0.29, 0.717) is 22.8 Å². The second-order valence-corrected chi connectivity index (χ2v) is 6.04. The fourth-order valence-corrected chi connectivity index (χ4v) is 2.65. The zero-order valence-electron chi connectivity index (χ0n) is 13.1. The summed E-state index contributed by atoms with van der Waals surface area (Å²) in [4.78, 5) is 24.4. The predicted octanol–water partition coefficient (Wildman–Crippen LogP) is 3.56. The Balaban J connectivity index is 1.55. The van der Waals surface area contributed by atoms with E-state index in [-0.39, 0.29) is 23.7 Å². The lowest BCUT2D eigenvalue weighted by atomic mass is 10.2. The second-order valence-electron chi connectivity index (χ2n) is 5.64. The summed E-state index contributed by atoms with van der Waals surface area (Å²) in [5, 5.41) is 6.06. The van der Waals surface area contributed by atoms with Crippen molar-refractivity contribution in [1.29, 1.82) is 0 Å². The van der Waals surface area contributed by atoms with Gasteiger partial charge in [0.1, 0.15) is 5.75 Å². The predicted molar refractivity (Wildman–Crippen MR) is 93.3 cm³/mol. The molecule has 0 aromatic heterocycles. The van der Waals surface area contributed by atoms with Gasteiger partial charge < -0.3 is 15.4 Å². The standard InChI is InChI=1S/C18H17ClN2O3/c1-24-12-8-6-11(7-9-12)20-17(22)13-10-14(13)18(23)21-16-5-3-2-4-15(16)19/h2-9,13-14H,10H2,1H3,(H,20,22)(H,21,23). The summed E-state index contributed by atoms with van der Waals surface area (Å²) in [5.74, 6) is -0.247. The molecule has 2 unspecified atom stereocenters. The summed E-state index contributed by atoms with van der Waals surface area (Å²) < 4.78 is 5.07. The normalized spacial score (nSPS) is 18.6. The zero-order valence-corrected chi connectivity index (χ0v) is 13.8. The van der Waals surface area contributed by atoms with Gasteiger partial charge in [0.05, 0.1) is 29.7 Å². The number of carbonyl (C=O) groups excluding carboxylic acids is 2. The Bertz CT molecular complexity index is 761. The van der Waals surface area contributed by atoms with Crippen molar-refractivity contribution in [3.63, 3.8) is 0 Å². The molecule has 0 heterocycles. The second kappa shape index (κ2) is 6.93. The van der Waals surface area contributed by atoms with Gasteiger partial charge in [-0.05, 0) is 42.8 Å².